The van der Waals surface area contributed by atoms with Crippen molar-refractivity contribution in [2.75, 3.05) is 26.2 Å². The summed E-state index contributed by atoms with van der Waals surface area (Å²) in [5.74, 6) is 2.68. The Balaban J connectivity index is 0.00000289. The van der Waals surface area contributed by atoms with Gasteiger partial charge in [-0.3, -0.25) is 4.90 Å². The lowest BCUT2D eigenvalue weighted by Crippen LogP contribution is -3.00. The second-order valence-electron chi connectivity index (χ2n) is 9.38. The molecule has 2 aliphatic rings. The molecular formula is C29H31ClNO4-. The van der Waals surface area contributed by atoms with Gasteiger partial charge in [-0.15, -0.1) is 0 Å². The van der Waals surface area contributed by atoms with E-state index in [1.165, 1.54) is 6.42 Å². The van der Waals surface area contributed by atoms with Gasteiger partial charge in [-0.2, -0.15) is 0 Å². The first-order valence-electron chi connectivity index (χ1n) is 11.9. The molecule has 2 N–H and O–H groups in total. The highest BCUT2D eigenvalue weighted by molar-refractivity contribution is 5.95. The molecule has 1 fully saturated rings. The molecule has 3 aromatic carbocycles. The third-order valence-corrected chi connectivity index (χ3v) is 6.83. The van der Waals surface area contributed by atoms with Crippen LogP contribution in [0.4, 0.5) is 0 Å². The van der Waals surface area contributed by atoms with Crippen LogP contribution in [-0.4, -0.2) is 41.4 Å². The van der Waals surface area contributed by atoms with E-state index in [-0.39, 0.29) is 30.0 Å². The quantitative estimate of drug-likeness (QED) is 0.554. The topological polar surface area (TPSA) is 62.2 Å². The van der Waals surface area contributed by atoms with Gasteiger partial charge in [-0.05, 0) is 78.9 Å². The maximum Gasteiger partial charge on any atom is 0.150 e. The normalized spacial score (nSPS) is 19.6. The van der Waals surface area contributed by atoms with Crippen LogP contribution >= 0.6 is 0 Å². The molecule has 3 aromatic rings. The van der Waals surface area contributed by atoms with E-state index in [0.717, 1.165) is 59.1 Å². The van der Waals surface area contributed by atoms with E-state index in [0.29, 0.717) is 12.4 Å². The van der Waals surface area contributed by atoms with Crippen LogP contribution < -0.4 is 21.9 Å². The van der Waals surface area contributed by atoms with Gasteiger partial charge in [0.1, 0.15) is 35.7 Å². The predicted molar refractivity (Wildman–Crippen MR) is 134 cm³/mol. The van der Waals surface area contributed by atoms with Crippen LogP contribution in [-0.2, 0) is 0 Å². The molecule has 5 rings (SSSR count). The number of fused-ring (bicyclic) bond motifs is 1. The summed E-state index contributed by atoms with van der Waals surface area (Å²) < 4.78 is 12.4. The molecule has 184 valence electrons. The molecule has 0 bridgehead atoms. The van der Waals surface area contributed by atoms with Crippen LogP contribution in [0.2, 0.25) is 0 Å². The summed E-state index contributed by atoms with van der Waals surface area (Å²) in [5.41, 5.74) is 5.05. The lowest BCUT2D eigenvalue weighted by Gasteiger charge is -2.31. The van der Waals surface area contributed by atoms with Crippen molar-refractivity contribution in [3.63, 3.8) is 0 Å². The van der Waals surface area contributed by atoms with Crippen molar-refractivity contribution >= 4 is 11.1 Å². The highest BCUT2D eigenvalue weighted by Crippen LogP contribution is 2.47. The van der Waals surface area contributed by atoms with Crippen molar-refractivity contribution in [3.05, 3.63) is 83.4 Å². The van der Waals surface area contributed by atoms with Gasteiger partial charge in [0, 0.05) is 30.3 Å². The third kappa shape index (κ3) is 5.42. The van der Waals surface area contributed by atoms with Gasteiger partial charge < -0.3 is 32.1 Å². The summed E-state index contributed by atoms with van der Waals surface area (Å²) in [5, 5.41) is 19.8. The molecule has 0 spiro atoms. The number of rotatable bonds is 6. The maximum atomic E-state index is 10.0. The molecule has 0 aliphatic carbocycles. The highest BCUT2D eigenvalue weighted by Gasteiger charge is 2.29. The van der Waals surface area contributed by atoms with Crippen molar-refractivity contribution in [3.8, 4) is 23.0 Å². The van der Waals surface area contributed by atoms with Crippen molar-refractivity contribution in [1.82, 2.24) is 4.90 Å². The molecule has 0 saturated carbocycles. The van der Waals surface area contributed by atoms with E-state index in [1.54, 1.807) is 24.3 Å². The minimum atomic E-state index is -0.348. The smallest absolute Gasteiger partial charge is 0.150 e. The molecule has 1 saturated heterocycles. The van der Waals surface area contributed by atoms with Crippen LogP contribution in [0.5, 0.6) is 23.0 Å². The predicted octanol–water partition coefficient (Wildman–Crippen LogP) is 2.89. The average Bonchev–Trinajstić information content (AvgIpc) is 3.25. The Labute approximate surface area is 213 Å². The zero-order chi connectivity index (χ0) is 23.7. The fourth-order valence-corrected chi connectivity index (χ4v) is 4.95. The monoisotopic (exact) mass is 492 g/mol. The summed E-state index contributed by atoms with van der Waals surface area (Å²) in [6.45, 7) is 8.32. The van der Waals surface area contributed by atoms with Crippen molar-refractivity contribution in [2.45, 2.75) is 26.4 Å². The lowest BCUT2D eigenvalue weighted by molar-refractivity contribution is -0.0000101. The molecule has 6 heteroatoms. The van der Waals surface area contributed by atoms with Crippen LogP contribution in [0.1, 0.15) is 43.1 Å². The Morgan fingerprint density at radius 3 is 2.37 bits per heavy atom. The summed E-state index contributed by atoms with van der Waals surface area (Å²) in [4.78, 5) is 2.46. The van der Waals surface area contributed by atoms with Crippen LogP contribution in [0.3, 0.4) is 0 Å². The Hall–Kier alpha value is -3.15. The summed E-state index contributed by atoms with van der Waals surface area (Å²) in [6.07, 6.45) is 0.923. The molecule has 0 radical (unpaired) electrons. The van der Waals surface area contributed by atoms with Crippen molar-refractivity contribution in [2.24, 2.45) is 5.92 Å². The molecule has 2 aliphatic heterocycles. The van der Waals surface area contributed by atoms with Crippen LogP contribution in [0.15, 0.2) is 66.7 Å². The number of hydrogen-bond donors (Lipinski definition) is 2. The summed E-state index contributed by atoms with van der Waals surface area (Å²) >= 11 is 0. The molecule has 5 nitrogen and oxygen atoms in total. The van der Waals surface area contributed by atoms with Crippen LogP contribution in [0.25, 0.3) is 11.1 Å². The number of allylic oxidation sites excluding steroid dienone is 1. The Bertz CT molecular complexity index is 1190. The van der Waals surface area contributed by atoms with Gasteiger partial charge in [0.25, 0.3) is 0 Å². The first-order valence-corrected chi connectivity index (χ1v) is 11.9. The third-order valence-electron chi connectivity index (χ3n) is 6.83. The van der Waals surface area contributed by atoms with E-state index in [2.05, 4.69) is 18.7 Å². The van der Waals surface area contributed by atoms with Gasteiger partial charge in [0.05, 0.1) is 0 Å². The SMILES string of the molecule is CC1=C(c2ccc(O)cc2)C(c2ccc(OCCN3CC[C@@H](C)C3)cc2)Oc2cc(O)ccc21.[Cl-]. The minimum absolute atomic E-state index is 0. The number of hydrogen-bond acceptors (Lipinski definition) is 5. The van der Waals surface area contributed by atoms with Crippen LogP contribution in [0, 0.1) is 5.92 Å². The van der Waals surface area contributed by atoms with Crippen molar-refractivity contribution in [1.29, 1.82) is 0 Å². The van der Waals surface area contributed by atoms with E-state index in [9.17, 15) is 10.2 Å². The number of benzene rings is 3. The largest absolute Gasteiger partial charge is 1.00 e. The zero-order valence-corrected chi connectivity index (χ0v) is 20.8. The number of halogens is 1. The number of likely N-dealkylation sites (tertiary alicyclic amines) is 1. The Kier molecular flexibility index (Phi) is 7.58. The first-order chi connectivity index (χ1) is 16.5. The molecule has 35 heavy (non-hydrogen) atoms. The second-order valence-corrected chi connectivity index (χ2v) is 9.38. The van der Waals surface area contributed by atoms with Crippen molar-refractivity contribution < 1.29 is 32.1 Å². The van der Waals surface area contributed by atoms with Gasteiger partial charge in [-0.1, -0.05) is 31.2 Å². The van der Waals surface area contributed by atoms with Gasteiger partial charge in [-0.25, -0.2) is 0 Å². The maximum absolute atomic E-state index is 10.0. The second kappa shape index (κ2) is 10.6. The van der Waals surface area contributed by atoms with Gasteiger partial charge >= 0.3 is 0 Å². The van der Waals surface area contributed by atoms with E-state index < -0.39 is 0 Å². The van der Waals surface area contributed by atoms with Gasteiger partial charge in [0.2, 0.25) is 0 Å². The summed E-state index contributed by atoms with van der Waals surface area (Å²) in [6, 6.07) is 20.5. The molecule has 0 aromatic heterocycles. The first kappa shape index (κ1) is 25.0. The molecule has 2 atom stereocenters. The Morgan fingerprint density at radius 2 is 1.69 bits per heavy atom. The molecule has 0 amide bonds. The lowest BCUT2D eigenvalue weighted by atomic mass is 9.86. The van der Waals surface area contributed by atoms with E-state index in [1.807, 2.05) is 42.5 Å². The molecule has 2 heterocycles. The van der Waals surface area contributed by atoms with E-state index in [4.69, 9.17) is 9.47 Å². The molecular weight excluding hydrogens is 462 g/mol. The van der Waals surface area contributed by atoms with E-state index >= 15 is 0 Å². The minimum Gasteiger partial charge on any atom is -1.00 e. The fraction of sp³-hybridized carbons (Fsp3) is 0.310. The standard InChI is InChI=1S/C29H31NO4.ClH/c1-19-13-14-30(18-19)15-16-33-25-10-5-22(6-11-25)29-28(21-3-7-23(31)8-4-21)20(2)26-12-9-24(32)17-27(26)34-29;/h3-12,17,19,29,31-32H,13-16,18H2,1-2H3;1H/p-1/t19-,29?;/m1./s1. The molecule has 1 unspecified atom stereocenters. The Morgan fingerprint density at radius 1 is 0.971 bits per heavy atom. The number of aromatic hydroxyl groups is 2. The number of ether oxygens (including phenoxy) is 2. The number of phenols is 2. The fourth-order valence-electron chi connectivity index (χ4n) is 4.95. The summed E-state index contributed by atoms with van der Waals surface area (Å²) in [7, 11) is 0. The number of nitrogens with zero attached hydrogens (tertiary/aromatic N) is 1. The van der Waals surface area contributed by atoms with Gasteiger partial charge in [0.15, 0.2) is 0 Å². The highest BCUT2D eigenvalue weighted by atomic mass is 35.5. The average molecular weight is 493 g/mol. The number of phenolic OH excluding ortho intramolecular Hbond substituents is 2. The zero-order valence-electron chi connectivity index (χ0n) is 20.1.